The summed E-state index contributed by atoms with van der Waals surface area (Å²) in [6.45, 7) is 5.35. The molecule has 0 bridgehead atoms. The van der Waals surface area contributed by atoms with Crippen molar-refractivity contribution in [1.82, 2.24) is 15.2 Å². The van der Waals surface area contributed by atoms with Crippen LogP contribution in [-0.4, -0.2) is 88.2 Å². The molecule has 0 aliphatic rings. The molecule has 1 heterocycles. The third-order valence-electron chi connectivity index (χ3n) is 6.67. The Kier molecular flexibility index (Phi) is 10.5. The standard InChI is InChI=1S/C32H39N5O6S/c1-6-42-27-19-25-26(20-28(27)43-7-2)35-32(39)30(25)31(22-11-9-8-10-12-22)34-23-13-15-24(16-14-23)37(44(5,40)41)21-29(38)33-17-18-36(3)4/h8-16,19-20,35,39H,6-7,17-18,21H2,1-5H3,(H,33,38). The van der Waals surface area contributed by atoms with E-state index < -0.39 is 15.9 Å². The molecule has 234 valence electrons. The van der Waals surface area contributed by atoms with Gasteiger partial charge in [-0.2, -0.15) is 0 Å². The highest BCUT2D eigenvalue weighted by Crippen LogP contribution is 2.39. The number of aromatic hydroxyl groups is 1. The molecule has 1 amide bonds. The maximum atomic E-state index is 12.6. The van der Waals surface area contributed by atoms with E-state index in [-0.39, 0.29) is 12.4 Å². The van der Waals surface area contributed by atoms with Crippen molar-refractivity contribution in [3.63, 3.8) is 0 Å². The molecule has 0 fully saturated rings. The van der Waals surface area contributed by atoms with Gasteiger partial charge in [0, 0.05) is 30.1 Å². The van der Waals surface area contributed by atoms with Crippen molar-refractivity contribution in [3.8, 4) is 17.4 Å². The summed E-state index contributed by atoms with van der Waals surface area (Å²) in [5, 5.41) is 14.6. The Morgan fingerprint density at radius 1 is 0.977 bits per heavy atom. The molecule has 0 saturated carbocycles. The largest absolute Gasteiger partial charge is 0.494 e. The van der Waals surface area contributed by atoms with E-state index in [0.717, 1.165) is 16.1 Å². The minimum atomic E-state index is -3.75. The van der Waals surface area contributed by atoms with E-state index in [4.69, 9.17) is 14.5 Å². The highest BCUT2D eigenvalue weighted by atomic mass is 32.2. The molecule has 12 heteroatoms. The Bertz CT molecular complexity index is 1720. The van der Waals surface area contributed by atoms with Crippen LogP contribution >= 0.6 is 0 Å². The second-order valence-electron chi connectivity index (χ2n) is 10.3. The normalized spacial score (nSPS) is 12.0. The number of nitrogens with one attached hydrogen (secondary N) is 2. The van der Waals surface area contributed by atoms with Gasteiger partial charge < -0.3 is 29.8 Å². The SMILES string of the molecule is CCOc1cc2[nH]c(O)c(C(=Nc3ccc(N(CC(=O)NCCN(C)C)S(C)(=O)=O)cc3)c3ccccc3)c2cc1OCC. The lowest BCUT2D eigenvalue weighted by Crippen LogP contribution is -2.42. The first-order valence-electron chi connectivity index (χ1n) is 14.3. The van der Waals surface area contributed by atoms with Gasteiger partial charge in [-0.25, -0.2) is 13.4 Å². The first-order chi connectivity index (χ1) is 21.0. The van der Waals surface area contributed by atoms with Gasteiger partial charge in [0.1, 0.15) is 6.54 Å². The van der Waals surface area contributed by atoms with Gasteiger partial charge in [-0.05, 0) is 58.3 Å². The molecule has 4 aromatic rings. The highest BCUT2D eigenvalue weighted by molar-refractivity contribution is 7.92. The van der Waals surface area contributed by atoms with Gasteiger partial charge in [0.2, 0.25) is 15.9 Å². The minimum Gasteiger partial charge on any atom is -0.494 e. The van der Waals surface area contributed by atoms with Gasteiger partial charge in [-0.3, -0.25) is 9.10 Å². The molecular weight excluding hydrogens is 582 g/mol. The molecule has 3 aromatic carbocycles. The number of aromatic nitrogens is 1. The predicted octanol–water partition coefficient (Wildman–Crippen LogP) is 4.28. The number of aromatic amines is 1. The Morgan fingerprint density at radius 2 is 1.61 bits per heavy atom. The second-order valence-corrected chi connectivity index (χ2v) is 12.2. The average molecular weight is 622 g/mol. The van der Waals surface area contributed by atoms with Crippen molar-refractivity contribution in [1.29, 1.82) is 0 Å². The minimum absolute atomic E-state index is 0.0705. The molecule has 11 nitrogen and oxygen atoms in total. The first-order valence-corrected chi connectivity index (χ1v) is 16.1. The predicted molar refractivity (Wildman–Crippen MR) is 174 cm³/mol. The summed E-state index contributed by atoms with van der Waals surface area (Å²) >= 11 is 0. The van der Waals surface area contributed by atoms with Crippen molar-refractivity contribution in [2.45, 2.75) is 13.8 Å². The van der Waals surface area contributed by atoms with Crippen LogP contribution in [0, 0.1) is 0 Å². The summed E-state index contributed by atoms with van der Waals surface area (Å²) < 4.78 is 37.9. The number of fused-ring (bicyclic) bond motifs is 1. The van der Waals surface area contributed by atoms with Crippen molar-refractivity contribution in [3.05, 3.63) is 77.9 Å². The van der Waals surface area contributed by atoms with Crippen LogP contribution in [0.15, 0.2) is 71.7 Å². The number of anilines is 1. The number of benzene rings is 3. The highest BCUT2D eigenvalue weighted by Gasteiger charge is 2.23. The van der Waals surface area contributed by atoms with Gasteiger partial charge in [-0.1, -0.05) is 30.3 Å². The van der Waals surface area contributed by atoms with Crippen molar-refractivity contribution in [2.75, 3.05) is 57.5 Å². The monoisotopic (exact) mass is 621 g/mol. The molecule has 0 atom stereocenters. The zero-order chi connectivity index (χ0) is 31.9. The van der Waals surface area contributed by atoms with E-state index in [0.29, 0.717) is 71.4 Å². The number of hydrogen-bond donors (Lipinski definition) is 3. The summed E-state index contributed by atoms with van der Waals surface area (Å²) in [6, 6.07) is 19.6. The van der Waals surface area contributed by atoms with Crippen molar-refractivity contribution in [2.24, 2.45) is 4.99 Å². The van der Waals surface area contributed by atoms with Crippen molar-refractivity contribution < 1.29 is 27.8 Å². The number of sulfonamides is 1. The van der Waals surface area contributed by atoms with Crippen LogP contribution in [-0.2, 0) is 14.8 Å². The van der Waals surface area contributed by atoms with Crippen molar-refractivity contribution >= 4 is 43.9 Å². The third kappa shape index (κ3) is 7.88. The Hall–Kier alpha value is -4.55. The lowest BCUT2D eigenvalue weighted by Gasteiger charge is -2.22. The average Bonchev–Trinajstić information content (AvgIpc) is 3.29. The van der Waals surface area contributed by atoms with Gasteiger partial charge in [0.25, 0.3) is 0 Å². The lowest BCUT2D eigenvalue weighted by molar-refractivity contribution is -0.119. The Labute approximate surface area is 258 Å². The number of H-pyrrole nitrogens is 1. The van der Waals surface area contributed by atoms with Crippen LogP contribution in [0.25, 0.3) is 10.9 Å². The fourth-order valence-corrected chi connectivity index (χ4v) is 5.51. The maximum absolute atomic E-state index is 12.6. The number of ether oxygens (including phenoxy) is 2. The fourth-order valence-electron chi connectivity index (χ4n) is 4.65. The summed E-state index contributed by atoms with van der Waals surface area (Å²) in [7, 11) is 0.0264. The van der Waals surface area contributed by atoms with Gasteiger partial charge in [0.05, 0.1) is 47.6 Å². The van der Waals surface area contributed by atoms with E-state index in [1.807, 2.05) is 69.2 Å². The topological polar surface area (TPSA) is 137 Å². The zero-order valence-corrected chi connectivity index (χ0v) is 26.4. The molecule has 44 heavy (non-hydrogen) atoms. The molecule has 0 unspecified atom stereocenters. The molecule has 0 aliphatic carbocycles. The summed E-state index contributed by atoms with van der Waals surface area (Å²) in [4.78, 5) is 22.4. The lowest BCUT2D eigenvalue weighted by atomic mass is 10.0. The van der Waals surface area contributed by atoms with Gasteiger partial charge in [-0.15, -0.1) is 0 Å². The second kappa shape index (κ2) is 14.3. The summed E-state index contributed by atoms with van der Waals surface area (Å²) in [5.41, 5.74) is 3.22. The van der Waals surface area contributed by atoms with E-state index in [9.17, 15) is 18.3 Å². The number of likely N-dealkylation sites (N-methyl/N-ethyl adjacent to an activating group) is 1. The molecule has 0 saturated heterocycles. The molecule has 0 radical (unpaired) electrons. The smallest absolute Gasteiger partial charge is 0.240 e. The number of nitrogens with zero attached hydrogens (tertiary/aromatic N) is 3. The van der Waals surface area contributed by atoms with E-state index in [1.54, 1.807) is 30.3 Å². The first kappa shape index (κ1) is 32.4. The van der Waals surface area contributed by atoms with Gasteiger partial charge >= 0.3 is 0 Å². The van der Waals surface area contributed by atoms with E-state index in [1.165, 1.54) is 0 Å². The number of carbonyl (C=O) groups is 1. The van der Waals surface area contributed by atoms with Crippen LogP contribution in [0.5, 0.6) is 17.4 Å². The van der Waals surface area contributed by atoms with Crippen LogP contribution in [0.3, 0.4) is 0 Å². The number of amides is 1. The zero-order valence-electron chi connectivity index (χ0n) is 25.6. The van der Waals surface area contributed by atoms with Gasteiger partial charge in [0.15, 0.2) is 17.4 Å². The van der Waals surface area contributed by atoms with Crippen LogP contribution in [0.1, 0.15) is 25.0 Å². The summed E-state index contributed by atoms with van der Waals surface area (Å²) in [5.74, 6) is 0.633. The maximum Gasteiger partial charge on any atom is 0.240 e. The Morgan fingerprint density at radius 3 is 2.20 bits per heavy atom. The van der Waals surface area contributed by atoms with Crippen LogP contribution in [0.2, 0.25) is 0 Å². The Balaban J connectivity index is 1.75. The number of carbonyl (C=O) groups excluding carboxylic acids is 1. The summed E-state index contributed by atoms with van der Waals surface area (Å²) in [6.07, 6.45) is 1.06. The van der Waals surface area contributed by atoms with E-state index >= 15 is 0 Å². The number of aliphatic imine (C=N–C) groups is 1. The van der Waals surface area contributed by atoms with E-state index in [2.05, 4.69) is 10.3 Å². The molecule has 4 rings (SSSR count). The number of hydrogen-bond acceptors (Lipinski definition) is 8. The molecule has 0 spiro atoms. The fraction of sp³-hybridized carbons (Fsp3) is 0.312. The van der Waals surface area contributed by atoms with Crippen LogP contribution < -0.4 is 19.1 Å². The quantitative estimate of drug-likeness (QED) is 0.179. The third-order valence-corrected chi connectivity index (χ3v) is 7.81. The molecular formula is C32H39N5O6S. The molecule has 1 aromatic heterocycles. The molecule has 0 aliphatic heterocycles. The number of rotatable bonds is 14. The van der Waals surface area contributed by atoms with Crippen LogP contribution in [0.4, 0.5) is 11.4 Å². The molecule has 3 N–H and O–H groups in total.